The molecule has 0 saturated heterocycles. The van der Waals surface area contributed by atoms with Gasteiger partial charge in [-0.05, 0) is 30.7 Å². The first-order valence-corrected chi connectivity index (χ1v) is 6.76. The van der Waals surface area contributed by atoms with Crippen molar-refractivity contribution in [3.05, 3.63) is 64.7 Å². The summed E-state index contributed by atoms with van der Waals surface area (Å²) in [7, 11) is 0. The summed E-state index contributed by atoms with van der Waals surface area (Å²) in [5.74, 6) is -0.942. The first kappa shape index (κ1) is 16.6. The van der Waals surface area contributed by atoms with Gasteiger partial charge in [0.2, 0.25) is 0 Å². The van der Waals surface area contributed by atoms with Crippen LogP contribution in [0.3, 0.4) is 0 Å². The van der Waals surface area contributed by atoms with Gasteiger partial charge >= 0.3 is 12.6 Å². The summed E-state index contributed by atoms with van der Waals surface area (Å²) in [6.45, 7) is -1.03. The highest BCUT2D eigenvalue weighted by atomic mass is 19.3. The Morgan fingerprint density at radius 3 is 2.48 bits per heavy atom. The third-order valence-electron chi connectivity index (χ3n) is 3.08. The van der Waals surface area contributed by atoms with E-state index >= 15 is 0 Å². The molecule has 0 bridgehead atoms. The van der Waals surface area contributed by atoms with Gasteiger partial charge in [-0.2, -0.15) is 8.78 Å². The highest BCUT2D eigenvalue weighted by Crippen LogP contribution is 2.21. The zero-order valence-electron chi connectivity index (χ0n) is 12.3. The van der Waals surface area contributed by atoms with Gasteiger partial charge in [-0.25, -0.2) is 4.79 Å². The molecule has 0 heterocycles. The van der Waals surface area contributed by atoms with E-state index in [0.29, 0.717) is 6.29 Å². The SMILES string of the molecule is Cc1ccc(COC(=O)c2ccc(OC(F)F)c(C=O)c2)cc1. The number of carbonyl (C=O) groups is 2. The molecule has 0 aromatic heterocycles. The number of halogens is 2. The lowest BCUT2D eigenvalue weighted by molar-refractivity contribution is -0.0500. The number of rotatable bonds is 6. The monoisotopic (exact) mass is 320 g/mol. The van der Waals surface area contributed by atoms with E-state index in [9.17, 15) is 18.4 Å². The maximum Gasteiger partial charge on any atom is 0.387 e. The Balaban J connectivity index is 2.06. The molecule has 23 heavy (non-hydrogen) atoms. The number of carbonyl (C=O) groups excluding carboxylic acids is 2. The zero-order valence-corrected chi connectivity index (χ0v) is 12.3. The van der Waals surface area contributed by atoms with E-state index in [2.05, 4.69) is 4.74 Å². The minimum absolute atomic E-state index is 0.0742. The molecule has 120 valence electrons. The van der Waals surface area contributed by atoms with Crippen molar-refractivity contribution in [2.24, 2.45) is 0 Å². The number of aryl methyl sites for hydroxylation is 1. The van der Waals surface area contributed by atoms with Gasteiger partial charge in [0.1, 0.15) is 12.4 Å². The van der Waals surface area contributed by atoms with E-state index in [1.54, 1.807) is 0 Å². The van der Waals surface area contributed by atoms with Gasteiger partial charge in [-0.3, -0.25) is 4.79 Å². The fourth-order valence-corrected chi connectivity index (χ4v) is 1.89. The Morgan fingerprint density at radius 1 is 1.17 bits per heavy atom. The van der Waals surface area contributed by atoms with E-state index in [4.69, 9.17) is 4.74 Å². The molecule has 4 nitrogen and oxygen atoms in total. The largest absolute Gasteiger partial charge is 0.457 e. The van der Waals surface area contributed by atoms with Crippen LogP contribution in [0.5, 0.6) is 5.75 Å². The Morgan fingerprint density at radius 2 is 1.87 bits per heavy atom. The van der Waals surface area contributed by atoms with E-state index in [1.807, 2.05) is 31.2 Å². The number of benzene rings is 2. The van der Waals surface area contributed by atoms with Crippen LogP contribution in [0.4, 0.5) is 8.78 Å². The Bertz CT molecular complexity index is 696. The second-order valence-electron chi connectivity index (χ2n) is 4.81. The third kappa shape index (κ3) is 4.60. The predicted molar refractivity (Wildman–Crippen MR) is 78.8 cm³/mol. The van der Waals surface area contributed by atoms with Crippen molar-refractivity contribution in [2.45, 2.75) is 20.1 Å². The predicted octanol–water partition coefficient (Wildman–Crippen LogP) is 3.77. The molecule has 0 spiro atoms. The lowest BCUT2D eigenvalue weighted by atomic mass is 10.1. The maximum absolute atomic E-state index is 12.2. The molecule has 0 atom stereocenters. The molecule has 0 amide bonds. The van der Waals surface area contributed by atoms with Crippen molar-refractivity contribution in [3.8, 4) is 5.75 Å². The lowest BCUT2D eigenvalue weighted by Gasteiger charge is -2.09. The van der Waals surface area contributed by atoms with E-state index in [0.717, 1.165) is 23.3 Å². The van der Waals surface area contributed by atoms with Gasteiger partial charge in [0.15, 0.2) is 6.29 Å². The van der Waals surface area contributed by atoms with Crippen LogP contribution in [0.25, 0.3) is 0 Å². The molecule has 0 radical (unpaired) electrons. The first-order valence-electron chi connectivity index (χ1n) is 6.76. The van der Waals surface area contributed by atoms with Crippen LogP contribution in [0.1, 0.15) is 31.8 Å². The summed E-state index contributed by atoms with van der Waals surface area (Å²) in [5.41, 5.74) is 1.85. The molecule has 0 aliphatic heterocycles. The highest BCUT2D eigenvalue weighted by Gasteiger charge is 2.14. The van der Waals surface area contributed by atoms with Gasteiger partial charge in [0.05, 0.1) is 11.1 Å². The molecule has 0 aliphatic rings. The standard InChI is InChI=1S/C17H14F2O4/c1-11-2-4-12(5-3-11)10-22-16(21)13-6-7-15(23-17(18)19)14(8-13)9-20/h2-9,17H,10H2,1H3. The highest BCUT2D eigenvalue weighted by molar-refractivity contribution is 5.92. The second kappa shape index (κ2) is 7.49. The van der Waals surface area contributed by atoms with Crippen molar-refractivity contribution in [2.75, 3.05) is 0 Å². The third-order valence-corrected chi connectivity index (χ3v) is 3.08. The summed E-state index contributed by atoms with van der Waals surface area (Å²) < 4.78 is 33.7. The van der Waals surface area contributed by atoms with Crippen LogP contribution in [0, 0.1) is 6.92 Å². The molecule has 2 rings (SSSR count). The number of hydrogen-bond acceptors (Lipinski definition) is 4. The van der Waals surface area contributed by atoms with Gasteiger partial charge in [0, 0.05) is 0 Å². The van der Waals surface area contributed by atoms with Gasteiger partial charge in [-0.1, -0.05) is 29.8 Å². The van der Waals surface area contributed by atoms with E-state index in [1.165, 1.54) is 6.07 Å². The Hall–Kier alpha value is -2.76. The number of ether oxygens (including phenoxy) is 2. The number of aldehydes is 1. The van der Waals surface area contributed by atoms with Crippen molar-refractivity contribution in [1.29, 1.82) is 0 Å². The first-order chi connectivity index (χ1) is 11.0. The second-order valence-corrected chi connectivity index (χ2v) is 4.81. The average Bonchev–Trinajstić information content (AvgIpc) is 2.54. The Kier molecular flexibility index (Phi) is 5.41. The molecular formula is C17H14F2O4. The Labute approximate surface area is 131 Å². The van der Waals surface area contributed by atoms with Crippen LogP contribution in [0.15, 0.2) is 42.5 Å². The molecule has 0 saturated carbocycles. The number of hydrogen-bond donors (Lipinski definition) is 0. The number of alkyl halides is 2. The zero-order chi connectivity index (χ0) is 16.8. The smallest absolute Gasteiger partial charge is 0.387 e. The molecule has 6 heteroatoms. The fraction of sp³-hybridized carbons (Fsp3) is 0.176. The van der Waals surface area contributed by atoms with Crippen molar-refractivity contribution in [1.82, 2.24) is 0 Å². The van der Waals surface area contributed by atoms with E-state index < -0.39 is 12.6 Å². The van der Waals surface area contributed by atoms with Gasteiger partial charge < -0.3 is 9.47 Å². The van der Waals surface area contributed by atoms with Crippen LogP contribution < -0.4 is 4.74 Å². The molecule has 0 aliphatic carbocycles. The van der Waals surface area contributed by atoms with Crippen LogP contribution in [-0.4, -0.2) is 18.9 Å². The quantitative estimate of drug-likeness (QED) is 0.600. The fourth-order valence-electron chi connectivity index (χ4n) is 1.89. The maximum atomic E-state index is 12.2. The molecule has 2 aromatic rings. The lowest BCUT2D eigenvalue weighted by Crippen LogP contribution is -2.08. The van der Waals surface area contributed by atoms with Crippen molar-refractivity contribution in [3.63, 3.8) is 0 Å². The van der Waals surface area contributed by atoms with Crippen LogP contribution in [0.2, 0.25) is 0 Å². The van der Waals surface area contributed by atoms with Crippen molar-refractivity contribution < 1.29 is 27.8 Å². The van der Waals surface area contributed by atoms with Crippen LogP contribution >= 0.6 is 0 Å². The number of esters is 1. The normalized spacial score (nSPS) is 10.4. The summed E-state index contributed by atoms with van der Waals surface area (Å²) in [6.07, 6.45) is 0.342. The average molecular weight is 320 g/mol. The van der Waals surface area contributed by atoms with E-state index in [-0.39, 0.29) is 23.5 Å². The van der Waals surface area contributed by atoms with Crippen molar-refractivity contribution >= 4 is 12.3 Å². The minimum atomic E-state index is -3.05. The molecule has 0 N–H and O–H groups in total. The summed E-state index contributed by atoms with van der Waals surface area (Å²) in [6, 6.07) is 11.0. The topological polar surface area (TPSA) is 52.6 Å². The molecule has 0 unspecified atom stereocenters. The van der Waals surface area contributed by atoms with Gasteiger partial charge in [-0.15, -0.1) is 0 Å². The summed E-state index contributed by atoms with van der Waals surface area (Å²) in [4.78, 5) is 22.9. The van der Waals surface area contributed by atoms with Gasteiger partial charge in [0.25, 0.3) is 0 Å². The summed E-state index contributed by atoms with van der Waals surface area (Å²) >= 11 is 0. The molecular weight excluding hydrogens is 306 g/mol. The minimum Gasteiger partial charge on any atom is -0.457 e. The summed E-state index contributed by atoms with van der Waals surface area (Å²) in [5, 5.41) is 0. The van der Waals surface area contributed by atoms with Crippen LogP contribution in [-0.2, 0) is 11.3 Å². The molecule has 0 fully saturated rings. The molecule has 2 aromatic carbocycles.